The third-order valence-corrected chi connectivity index (χ3v) is 10.00. The van der Waals surface area contributed by atoms with Gasteiger partial charge in [0.15, 0.2) is 0 Å². The molecule has 0 saturated heterocycles. The zero-order valence-electron chi connectivity index (χ0n) is 29.1. The fourth-order valence-electron chi connectivity index (χ4n) is 5.85. The summed E-state index contributed by atoms with van der Waals surface area (Å²) in [6, 6.07) is 36.2. The summed E-state index contributed by atoms with van der Waals surface area (Å²) in [5.74, 6) is 1.20. The SMILES string of the molecule is CC(C)(C)c1c[c-]c2c(c1)-c1cc(C(C)(C)C)ccc1C2.CC1=[C-]C(C)C=C1C(C)C.[Zr+2]=[C](c1ccccc1)c1ccccc1. The van der Waals surface area contributed by atoms with E-state index in [1.165, 1.54) is 83.1 Å². The molecule has 0 aliphatic heterocycles. The predicted octanol–water partition coefficient (Wildman–Crippen LogP) is 11.4. The molecule has 45 heavy (non-hydrogen) atoms. The van der Waals surface area contributed by atoms with Crippen molar-refractivity contribution in [1.82, 2.24) is 0 Å². The summed E-state index contributed by atoms with van der Waals surface area (Å²) in [5, 5.41) is 0. The summed E-state index contributed by atoms with van der Waals surface area (Å²) in [6.45, 7) is 22.4. The van der Waals surface area contributed by atoms with Crippen molar-refractivity contribution >= 4 is 3.21 Å². The number of fused-ring (bicyclic) bond motifs is 3. The molecular formula is C44H50Zr. The Morgan fingerprint density at radius 2 is 1.29 bits per heavy atom. The number of rotatable bonds is 3. The summed E-state index contributed by atoms with van der Waals surface area (Å²) >= 11 is 1.46. The van der Waals surface area contributed by atoms with Gasteiger partial charge in [0.1, 0.15) is 0 Å². The minimum absolute atomic E-state index is 0.177. The molecule has 0 nitrogen and oxygen atoms in total. The molecule has 1 unspecified atom stereocenters. The minimum atomic E-state index is 0.177. The maximum atomic E-state index is 3.53. The van der Waals surface area contributed by atoms with Crippen LogP contribution in [0.1, 0.15) is 103 Å². The summed E-state index contributed by atoms with van der Waals surface area (Å²) < 4.78 is 1.42. The zero-order chi connectivity index (χ0) is 32.9. The molecule has 1 atom stereocenters. The molecule has 0 heterocycles. The number of allylic oxidation sites excluding steroid dienone is 4. The first-order valence-corrected chi connectivity index (χ1v) is 17.6. The first-order chi connectivity index (χ1) is 21.1. The topological polar surface area (TPSA) is 0 Å². The van der Waals surface area contributed by atoms with Crippen LogP contribution in [0.15, 0.2) is 108 Å². The van der Waals surface area contributed by atoms with Crippen LogP contribution < -0.4 is 0 Å². The van der Waals surface area contributed by atoms with Gasteiger partial charge in [-0.05, 0) is 17.4 Å². The second-order valence-corrected chi connectivity index (χ2v) is 16.0. The van der Waals surface area contributed by atoms with Crippen LogP contribution in [0.3, 0.4) is 0 Å². The Bertz CT molecular complexity index is 1570. The molecule has 0 spiro atoms. The zero-order valence-corrected chi connectivity index (χ0v) is 31.6. The van der Waals surface area contributed by atoms with Gasteiger partial charge in [-0.3, -0.25) is 6.08 Å². The molecule has 0 fully saturated rings. The number of benzene rings is 4. The fraction of sp³-hybridized carbons (Fsp3) is 0.341. The van der Waals surface area contributed by atoms with Crippen molar-refractivity contribution in [3.05, 3.63) is 154 Å². The Hall–Kier alpha value is -2.89. The number of hydrogen-bond donors (Lipinski definition) is 0. The van der Waals surface area contributed by atoms with Gasteiger partial charge in [0.25, 0.3) is 0 Å². The van der Waals surface area contributed by atoms with E-state index in [-0.39, 0.29) is 10.8 Å². The van der Waals surface area contributed by atoms with E-state index in [1.54, 1.807) is 0 Å². The molecule has 0 saturated carbocycles. The molecule has 4 aromatic rings. The van der Waals surface area contributed by atoms with E-state index in [9.17, 15) is 0 Å². The van der Waals surface area contributed by atoms with Crippen molar-refractivity contribution in [2.24, 2.45) is 11.8 Å². The maximum absolute atomic E-state index is 3.53. The van der Waals surface area contributed by atoms with Crippen LogP contribution in [0.4, 0.5) is 0 Å². The van der Waals surface area contributed by atoms with E-state index in [4.69, 9.17) is 0 Å². The van der Waals surface area contributed by atoms with E-state index < -0.39 is 0 Å². The Morgan fingerprint density at radius 3 is 1.73 bits per heavy atom. The molecule has 4 aromatic carbocycles. The van der Waals surface area contributed by atoms with Crippen LogP contribution in [0.25, 0.3) is 11.1 Å². The monoisotopic (exact) mass is 668 g/mol. The molecular weight excluding hydrogens is 620 g/mol. The van der Waals surface area contributed by atoms with Gasteiger partial charge in [0.05, 0.1) is 0 Å². The van der Waals surface area contributed by atoms with E-state index in [2.05, 4.69) is 178 Å². The van der Waals surface area contributed by atoms with E-state index in [1.807, 2.05) is 0 Å². The first kappa shape index (κ1) is 35.0. The van der Waals surface area contributed by atoms with E-state index >= 15 is 0 Å². The first-order valence-electron chi connectivity index (χ1n) is 16.4. The molecule has 0 bridgehead atoms. The third-order valence-electron chi connectivity index (χ3n) is 8.58. The van der Waals surface area contributed by atoms with Gasteiger partial charge in [-0.25, -0.2) is 5.57 Å². The van der Waals surface area contributed by atoms with Crippen molar-refractivity contribution in [2.75, 3.05) is 0 Å². The summed E-state index contributed by atoms with van der Waals surface area (Å²) in [6.07, 6.45) is 6.71. The summed E-state index contributed by atoms with van der Waals surface area (Å²) in [4.78, 5) is 0. The molecule has 1 heteroatoms. The van der Waals surface area contributed by atoms with E-state index in [0.717, 1.165) is 6.42 Å². The van der Waals surface area contributed by atoms with Gasteiger partial charge in [0.2, 0.25) is 0 Å². The van der Waals surface area contributed by atoms with Crippen molar-refractivity contribution in [1.29, 1.82) is 0 Å². The standard InChI is InChI=1S/C21H25.C13H10.C10H15.Zr/c1-20(2,3)16-9-7-14-11-15-8-10-17(21(4,5)6)13-19(15)18(14)12-16;1-3-7-12(8-4-1)11-13-9-5-2-6-10-13;1-7(2)10-6-8(3)5-9(10)4;/h7,9-10,12-13H,11H2,1-6H3;1-10H;6-8H,1-4H3;/q-1;;-1;+2. The van der Waals surface area contributed by atoms with Gasteiger partial charge in [-0.15, -0.1) is 5.56 Å². The molecule has 0 radical (unpaired) electrons. The van der Waals surface area contributed by atoms with Crippen LogP contribution in [0.2, 0.25) is 0 Å². The van der Waals surface area contributed by atoms with Crippen molar-refractivity contribution in [3.8, 4) is 11.1 Å². The Labute approximate surface area is 289 Å². The fourth-order valence-corrected chi connectivity index (χ4v) is 6.67. The third kappa shape index (κ3) is 9.11. The normalized spacial score (nSPS) is 15.2. The van der Waals surface area contributed by atoms with Gasteiger partial charge < -0.3 is 0 Å². The van der Waals surface area contributed by atoms with Crippen LogP contribution >= 0.6 is 0 Å². The van der Waals surface area contributed by atoms with Crippen molar-refractivity contribution < 1.29 is 24.2 Å². The predicted molar refractivity (Wildman–Crippen MR) is 192 cm³/mol. The summed E-state index contributed by atoms with van der Waals surface area (Å²) in [7, 11) is 0. The average molecular weight is 670 g/mol. The average Bonchev–Trinajstić information content (AvgIpc) is 3.55. The summed E-state index contributed by atoms with van der Waals surface area (Å²) in [5.41, 5.74) is 14.3. The second-order valence-electron chi connectivity index (χ2n) is 14.8. The van der Waals surface area contributed by atoms with Crippen LogP contribution in [0, 0.1) is 24.0 Å². The molecule has 0 N–H and O–H groups in total. The molecule has 6 rings (SSSR count). The molecule has 2 aliphatic rings. The Kier molecular flexibility index (Phi) is 11.4. The Balaban J connectivity index is 0.000000166. The van der Waals surface area contributed by atoms with Crippen LogP contribution in [0.5, 0.6) is 0 Å². The molecule has 0 aromatic heterocycles. The van der Waals surface area contributed by atoms with Gasteiger partial charge in [-0.1, -0.05) is 116 Å². The van der Waals surface area contributed by atoms with Crippen molar-refractivity contribution in [3.63, 3.8) is 0 Å². The van der Waals surface area contributed by atoms with Gasteiger partial charge in [-0.2, -0.15) is 41.0 Å². The molecule has 0 amide bonds. The van der Waals surface area contributed by atoms with E-state index in [0.29, 0.717) is 11.8 Å². The van der Waals surface area contributed by atoms with Gasteiger partial charge >= 0.3 is 99.2 Å². The number of hydrogen-bond acceptors (Lipinski definition) is 0. The van der Waals surface area contributed by atoms with Crippen LogP contribution in [-0.2, 0) is 41.5 Å². The molecule has 2 aliphatic carbocycles. The Morgan fingerprint density at radius 1 is 0.756 bits per heavy atom. The quantitative estimate of drug-likeness (QED) is 0.168. The second kappa shape index (κ2) is 14.7. The van der Waals surface area contributed by atoms with Gasteiger partial charge in [0, 0.05) is 0 Å². The molecule has 230 valence electrons. The van der Waals surface area contributed by atoms with Crippen LogP contribution in [-0.4, -0.2) is 3.21 Å². The van der Waals surface area contributed by atoms with Crippen molar-refractivity contribution in [2.45, 2.75) is 86.5 Å².